The molecule has 0 aromatic heterocycles. The van der Waals surface area contributed by atoms with Gasteiger partial charge in [0.2, 0.25) is 0 Å². The first kappa shape index (κ1) is 14.5. The summed E-state index contributed by atoms with van der Waals surface area (Å²) in [4.78, 5) is 10.8. The highest BCUT2D eigenvalue weighted by molar-refractivity contribution is 9.10. The number of carbonyl (C=O) groups is 1. The highest BCUT2D eigenvalue weighted by atomic mass is 79.9. The van der Waals surface area contributed by atoms with Gasteiger partial charge >= 0.3 is 5.97 Å². The summed E-state index contributed by atoms with van der Waals surface area (Å²) < 4.78 is 1.07. The van der Waals surface area contributed by atoms with E-state index in [0.29, 0.717) is 5.92 Å². The van der Waals surface area contributed by atoms with Crippen LogP contribution in [0.4, 0.5) is 0 Å². The lowest BCUT2D eigenvalue weighted by atomic mass is 9.97. The number of aliphatic carboxylic acids is 1. The second-order valence-electron chi connectivity index (χ2n) is 4.23. The van der Waals surface area contributed by atoms with Crippen LogP contribution in [0.25, 0.3) is 0 Å². The first-order valence-corrected chi connectivity index (χ1v) is 6.15. The van der Waals surface area contributed by atoms with E-state index in [2.05, 4.69) is 33.4 Å². The molecule has 0 radical (unpaired) electrons. The molecule has 2 N–H and O–H groups in total. The minimum atomic E-state index is -0.738. The highest BCUT2D eigenvalue weighted by Gasteiger charge is 2.28. The molecule has 0 spiro atoms. The van der Waals surface area contributed by atoms with Gasteiger partial charge in [-0.1, -0.05) is 28.1 Å². The topological polar surface area (TPSA) is 49.3 Å². The molecule has 2 rings (SSSR count). The van der Waals surface area contributed by atoms with E-state index in [4.69, 9.17) is 5.11 Å². The molecule has 1 heterocycles. The van der Waals surface area contributed by atoms with E-state index < -0.39 is 5.97 Å². The number of hydrogen-bond acceptors (Lipinski definition) is 2. The van der Waals surface area contributed by atoms with Crippen LogP contribution < -0.4 is 5.32 Å². The molecular formula is C12H15BrClNO2. The zero-order valence-electron chi connectivity index (χ0n) is 9.23. The van der Waals surface area contributed by atoms with E-state index in [0.717, 1.165) is 23.9 Å². The van der Waals surface area contributed by atoms with Gasteiger partial charge in [-0.05, 0) is 43.0 Å². The number of benzene rings is 1. The number of carboxylic acids is 1. The normalized spacial score (nSPS) is 23.1. The third-order valence-electron chi connectivity index (χ3n) is 2.96. The van der Waals surface area contributed by atoms with Crippen molar-refractivity contribution < 1.29 is 9.90 Å². The summed E-state index contributed by atoms with van der Waals surface area (Å²) in [5.74, 6) is -0.305. The van der Waals surface area contributed by atoms with Crippen molar-refractivity contribution in [3.05, 3.63) is 34.3 Å². The van der Waals surface area contributed by atoms with Crippen LogP contribution in [0.5, 0.6) is 0 Å². The Morgan fingerprint density at radius 2 is 2.06 bits per heavy atom. The molecular weight excluding hydrogens is 305 g/mol. The van der Waals surface area contributed by atoms with Gasteiger partial charge in [0.1, 0.15) is 6.04 Å². The van der Waals surface area contributed by atoms with Gasteiger partial charge in [-0.25, -0.2) is 0 Å². The Kier molecular flexibility index (Phi) is 5.43. The SMILES string of the molecule is Cl.O=C(O)[C@@H]1C[C@@H](Cc2ccc(Br)cc2)CN1. The second kappa shape index (κ2) is 6.38. The molecule has 1 aliphatic rings. The molecule has 0 saturated carbocycles. The summed E-state index contributed by atoms with van der Waals surface area (Å²) in [6.07, 6.45) is 1.68. The Labute approximate surface area is 115 Å². The van der Waals surface area contributed by atoms with Gasteiger partial charge in [-0.15, -0.1) is 12.4 Å². The molecule has 0 aliphatic carbocycles. The van der Waals surface area contributed by atoms with Crippen molar-refractivity contribution in [3.63, 3.8) is 0 Å². The number of hydrogen-bond donors (Lipinski definition) is 2. The van der Waals surface area contributed by atoms with Crippen LogP contribution in [-0.4, -0.2) is 23.7 Å². The predicted octanol–water partition coefficient (Wildman–Crippen LogP) is 2.48. The summed E-state index contributed by atoms with van der Waals surface area (Å²) in [6, 6.07) is 7.84. The summed E-state index contributed by atoms with van der Waals surface area (Å²) in [6.45, 7) is 0.799. The van der Waals surface area contributed by atoms with Gasteiger partial charge in [-0.2, -0.15) is 0 Å². The third kappa shape index (κ3) is 3.98. The maximum absolute atomic E-state index is 10.8. The highest BCUT2D eigenvalue weighted by Crippen LogP contribution is 2.20. The fourth-order valence-corrected chi connectivity index (χ4v) is 2.37. The minimum absolute atomic E-state index is 0. The first-order valence-electron chi connectivity index (χ1n) is 5.36. The molecule has 0 unspecified atom stereocenters. The van der Waals surface area contributed by atoms with E-state index in [1.165, 1.54) is 5.56 Å². The van der Waals surface area contributed by atoms with E-state index in [-0.39, 0.29) is 18.4 Å². The second-order valence-corrected chi connectivity index (χ2v) is 5.15. The van der Waals surface area contributed by atoms with Crippen LogP contribution in [0.3, 0.4) is 0 Å². The van der Waals surface area contributed by atoms with Crippen LogP contribution in [0.15, 0.2) is 28.7 Å². The van der Waals surface area contributed by atoms with Gasteiger partial charge in [0.05, 0.1) is 0 Å². The van der Waals surface area contributed by atoms with Gasteiger partial charge in [0.15, 0.2) is 0 Å². The van der Waals surface area contributed by atoms with E-state index >= 15 is 0 Å². The molecule has 1 saturated heterocycles. The molecule has 1 fully saturated rings. The lowest BCUT2D eigenvalue weighted by Crippen LogP contribution is -2.29. The van der Waals surface area contributed by atoms with Crippen LogP contribution >= 0.6 is 28.3 Å². The zero-order valence-corrected chi connectivity index (χ0v) is 11.6. The lowest BCUT2D eigenvalue weighted by Gasteiger charge is -2.08. The van der Waals surface area contributed by atoms with Crippen LogP contribution in [0.1, 0.15) is 12.0 Å². The smallest absolute Gasteiger partial charge is 0.320 e. The van der Waals surface area contributed by atoms with Gasteiger partial charge in [0, 0.05) is 4.47 Å². The Morgan fingerprint density at radius 1 is 1.41 bits per heavy atom. The fourth-order valence-electron chi connectivity index (χ4n) is 2.11. The van der Waals surface area contributed by atoms with E-state index in [1.54, 1.807) is 0 Å². The van der Waals surface area contributed by atoms with Crippen molar-refractivity contribution in [2.75, 3.05) is 6.54 Å². The van der Waals surface area contributed by atoms with E-state index in [9.17, 15) is 4.79 Å². The van der Waals surface area contributed by atoms with Crippen molar-refractivity contribution in [2.24, 2.45) is 5.92 Å². The van der Waals surface area contributed by atoms with Gasteiger partial charge in [-0.3, -0.25) is 4.79 Å². The van der Waals surface area contributed by atoms with Crippen molar-refractivity contribution in [1.82, 2.24) is 5.32 Å². The number of halogens is 2. The molecule has 0 bridgehead atoms. The van der Waals surface area contributed by atoms with E-state index in [1.807, 2.05) is 12.1 Å². The standard InChI is InChI=1S/C12H14BrNO2.ClH/c13-10-3-1-8(2-4-10)5-9-6-11(12(15)16)14-7-9;/h1-4,9,11,14H,5-7H2,(H,15,16);1H/t9-,11+;/m1./s1. The maximum atomic E-state index is 10.8. The monoisotopic (exact) mass is 319 g/mol. The number of carboxylic acid groups (broad SMARTS) is 1. The van der Waals surface area contributed by atoms with Crippen molar-refractivity contribution in [2.45, 2.75) is 18.9 Å². The molecule has 5 heteroatoms. The molecule has 1 aromatic carbocycles. The maximum Gasteiger partial charge on any atom is 0.320 e. The summed E-state index contributed by atoms with van der Waals surface area (Å²) in [5, 5.41) is 11.9. The van der Waals surface area contributed by atoms with Crippen molar-refractivity contribution >= 4 is 34.3 Å². The Morgan fingerprint density at radius 3 is 2.59 bits per heavy atom. The Balaban J connectivity index is 0.00000144. The van der Waals surface area contributed by atoms with Crippen LogP contribution in [0.2, 0.25) is 0 Å². The molecule has 3 nitrogen and oxygen atoms in total. The lowest BCUT2D eigenvalue weighted by molar-refractivity contribution is -0.139. The Bertz CT molecular complexity index is 383. The molecule has 0 amide bonds. The minimum Gasteiger partial charge on any atom is -0.480 e. The number of nitrogens with one attached hydrogen (secondary N) is 1. The van der Waals surface area contributed by atoms with Crippen molar-refractivity contribution in [3.8, 4) is 0 Å². The number of rotatable bonds is 3. The van der Waals surface area contributed by atoms with Crippen LogP contribution in [0, 0.1) is 5.92 Å². The fraction of sp³-hybridized carbons (Fsp3) is 0.417. The average Bonchev–Trinajstić information content (AvgIpc) is 2.70. The van der Waals surface area contributed by atoms with Crippen molar-refractivity contribution in [1.29, 1.82) is 0 Å². The molecule has 2 atom stereocenters. The summed E-state index contributed by atoms with van der Waals surface area (Å²) in [5.41, 5.74) is 1.26. The quantitative estimate of drug-likeness (QED) is 0.899. The Hall–Kier alpha value is -0.580. The predicted molar refractivity (Wildman–Crippen MR) is 72.6 cm³/mol. The zero-order chi connectivity index (χ0) is 11.5. The van der Waals surface area contributed by atoms with Gasteiger partial charge < -0.3 is 10.4 Å². The first-order chi connectivity index (χ1) is 7.65. The molecule has 1 aromatic rings. The van der Waals surface area contributed by atoms with Gasteiger partial charge in [0.25, 0.3) is 0 Å². The summed E-state index contributed by atoms with van der Waals surface area (Å²) in [7, 11) is 0. The average molecular weight is 321 g/mol. The van der Waals surface area contributed by atoms with Crippen LogP contribution in [-0.2, 0) is 11.2 Å². The third-order valence-corrected chi connectivity index (χ3v) is 3.49. The largest absolute Gasteiger partial charge is 0.480 e. The summed E-state index contributed by atoms with van der Waals surface area (Å²) >= 11 is 3.40. The molecule has 17 heavy (non-hydrogen) atoms. The molecule has 94 valence electrons. The molecule has 1 aliphatic heterocycles.